The highest BCUT2D eigenvalue weighted by Gasteiger charge is 2.17. The lowest BCUT2D eigenvalue weighted by atomic mass is 10.2. The molecule has 0 bridgehead atoms. The Labute approximate surface area is 107 Å². The summed E-state index contributed by atoms with van der Waals surface area (Å²) >= 11 is 0. The van der Waals surface area contributed by atoms with Gasteiger partial charge in [0.25, 0.3) is 0 Å². The van der Waals surface area contributed by atoms with Gasteiger partial charge in [0.1, 0.15) is 17.2 Å². The van der Waals surface area contributed by atoms with E-state index in [0.29, 0.717) is 22.8 Å². The molecule has 3 aromatic rings. The number of rotatable bonds is 3. The molecule has 0 unspecified atom stereocenters. The SMILES string of the molecule is OCc1nnn(-c2cccc(F)c2)c1-c1ccco1. The molecule has 0 aliphatic rings. The maximum atomic E-state index is 13.3. The van der Waals surface area contributed by atoms with Crippen molar-refractivity contribution in [3.8, 4) is 17.1 Å². The second-order valence-corrected chi connectivity index (χ2v) is 3.91. The molecule has 0 saturated heterocycles. The molecule has 1 N–H and O–H groups in total. The van der Waals surface area contributed by atoms with Gasteiger partial charge >= 0.3 is 0 Å². The van der Waals surface area contributed by atoms with Gasteiger partial charge in [0.15, 0.2) is 5.76 Å². The van der Waals surface area contributed by atoms with E-state index in [1.54, 1.807) is 24.3 Å². The zero-order valence-corrected chi connectivity index (χ0v) is 9.82. The molecule has 0 aliphatic heterocycles. The zero-order valence-electron chi connectivity index (χ0n) is 9.82. The van der Waals surface area contributed by atoms with Crippen molar-refractivity contribution in [1.29, 1.82) is 0 Å². The molecule has 19 heavy (non-hydrogen) atoms. The van der Waals surface area contributed by atoms with Crippen molar-refractivity contribution < 1.29 is 13.9 Å². The Bertz CT molecular complexity index is 692. The van der Waals surface area contributed by atoms with Gasteiger partial charge in [-0.1, -0.05) is 11.3 Å². The number of aliphatic hydroxyl groups excluding tert-OH is 1. The highest BCUT2D eigenvalue weighted by atomic mass is 19.1. The van der Waals surface area contributed by atoms with Gasteiger partial charge in [-0.15, -0.1) is 5.10 Å². The average Bonchev–Trinajstić information content (AvgIpc) is 3.07. The first-order valence-corrected chi connectivity index (χ1v) is 5.65. The van der Waals surface area contributed by atoms with E-state index < -0.39 is 0 Å². The number of halogens is 1. The number of aromatic nitrogens is 3. The molecule has 6 heteroatoms. The number of aliphatic hydroxyl groups is 1. The van der Waals surface area contributed by atoms with Gasteiger partial charge in [-0.25, -0.2) is 9.07 Å². The molecule has 2 aromatic heterocycles. The molecule has 96 valence electrons. The summed E-state index contributed by atoms with van der Waals surface area (Å²) in [5, 5.41) is 17.1. The number of benzene rings is 1. The van der Waals surface area contributed by atoms with Crippen molar-refractivity contribution in [1.82, 2.24) is 15.0 Å². The van der Waals surface area contributed by atoms with Gasteiger partial charge in [-0.05, 0) is 30.3 Å². The van der Waals surface area contributed by atoms with Crippen molar-refractivity contribution in [3.05, 3.63) is 54.2 Å². The molecule has 0 amide bonds. The van der Waals surface area contributed by atoms with Crippen LogP contribution in [0.15, 0.2) is 47.1 Å². The maximum Gasteiger partial charge on any atom is 0.154 e. The topological polar surface area (TPSA) is 64.1 Å². The fourth-order valence-corrected chi connectivity index (χ4v) is 1.87. The lowest BCUT2D eigenvalue weighted by Gasteiger charge is -2.05. The zero-order chi connectivity index (χ0) is 13.2. The number of nitrogens with zero attached hydrogens (tertiary/aromatic N) is 3. The van der Waals surface area contributed by atoms with Crippen LogP contribution in [-0.4, -0.2) is 20.1 Å². The minimum atomic E-state index is -0.371. The van der Waals surface area contributed by atoms with Crippen molar-refractivity contribution in [2.75, 3.05) is 0 Å². The van der Waals surface area contributed by atoms with Crippen LogP contribution in [0.4, 0.5) is 4.39 Å². The second kappa shape index (κ2) is 4.66. The summed E-state index contributed by atoms with van der Waals surface area (Å²) in [7, 11) is 0. The first kappa shape index (κ1) is 11.6. The molecule has 3 rings (SSSR count). The Morgan fingerprint density at radius 2 is 2.16 bits per heavy atom. The van der Waals surface area contributed by atoms with Crippen molar-refractivity contribution in [2.45, 2.75) is 6.61 Å². The van der Waals surface area contributed by atoms with Gasteiger partial charge in [-0.3, -0.25) is 0 Å². The Morgan fingerprint density at radius 1 is 1.26 bits per heavy atom. The fraction of sp³-hybridized carbons (Fsp3) is 0.0769. The van der Waals surface area contributed by atoms with Crippen molar-refractivity contribution in [2.24, 2.45) is 0 Å². The summed E-state index contributed by atoms with van der Waals surface area (Å²) in [6.07, 6.45) is 1.51. The molecule has 0 spiro atoms. The van der Waals surface area contributed by atoms with E-state index in [1.807, 2.05) is 0 Å². The lowest BCUT2D eigenvalue weighted by molar-refractivity contribution is 0.277. The van der Waals surface area contributed by atoms with Crippen LogP contribution in [0.25, 0.3) is 17.1 Å². The van der Waals surface area contributed by atoms with Crippen LogP contribution in [0.5, 0.6) is 0 Å². The molecule has 2 heterocycles. The van der Waals surface area contributed by atoms with Crippen molar-refractivity contribution >= 4 is 0 Å². The number of hydrogen-bond donors (Lipinski definition) is 1. The second-order valence-electron chi connectivity index (χ2n) is 3.91. The Morgan fingerprint density at radius 3 is 2.84 bits per heavy atom. The molecule has 5 nitrogen and oxygen atoms in total. The molecule has 0 radical (unpaired) electrons. The number of furan rings is 1. The van der Waals surface area contributed by atoms with Crippen LogP contribution in [0.3, 0.4) is 0 Å². The summed E-state index contributed by atoms with van der Waals surface area (Å²) in [6.45, 7) is -0.272. The van der Waals surface area contributed by atoms with E-state index in [0.717, 1.165) is 0 Å². The van der Waals surface area contributed by atoms with Gasteiger partial charge in [-0.2, -0.15) is 0 Å². The van der Waals surface area contributed by atoms with E-state index in [-0.39, 0.29) is 12.4 Å². The summed E-state index contributed by atoms with van der Waals surface area (Å²) in [5.41, 5.74) is 1.40. The minimum Gasteiger partial charge on any atom is -0.463 e. The maximum absolute atomic E-state index is 13.3. The van der Waals surface area contributed by atoms with Crippen LogP contribution in [-0.2, 0) is 6.61 Å². The van der Waals surface area contributed by atoms with E-state index in [4.69, 9.17) is 4.42 Å². The third kappa shape index (κ3) is 2.02. The van der Waals surface area contributed by atoms with E-state index in [2.05, 4.69) is 10.3 Å². The highest BCUT2D eigenvalue weighted by molar-refractivity contribution is 5.58. The standard InChI is InChI=1S/C13H10FN3O2/c14-9-3-1-4-10(7-9)17-13(11(8-18)15-16-17)12-5-2-6-19-12/h1-7,18H,8H2. The van der Waals surface area contributed by atoms with Crippen LogP contribution < -0.4 is 0 Å². The van der Waals surface area contributed by atoms with Gasteiger partial charge in [0.2, 0.25) is 0 Å². The first-order valence-electron chi connectivity index (χ1n) is 5.65. The van der Waals surface area contributed by atoms with Crippen LogP contribution in [0.2, 0.25) is 0 Å². The quantitative estimate of drug-likeness (QED) is 0.782. The predicted molar refractivity (Wildman–Crippen MR) is 64.9 cm³/mol. The summed E-state index contributed by atoms with van der Waals surface area (Å²) < 4.78 is 20.0. The molecule has 0 fully saturated rings. The molecule has 1 aromatic carbocycles. The number of hydrogen-bond acceptors (Lipinski definition) is 4. The fourth-order valence-electron chi connectivity index (χ4n) is 1.87. The highest BCUT2D eigenvalue weighted by Crippen LogP contribution is 2.25. The lowest BCUT2D eigenvalue weighted by Crippen LogP contribution is -2.00. The van der Waals surface area contributed by atoms with E-state index >= 15 is 0 Å². The monoisotopic (exact) mass is 259 g/mol. The van der Waals surface area contributed by atoms with Crippen LogP contribution >= 0.6 is 0 Å². The van der Waals surface area contributed by atoms with Gasteiger partial charge in [0, 0.05) is 0 Å². The Kier molecular flexibility index (Phi) is 2.85. The van der Waals surface area contributed by atoms with E-state index in [1.165, 1.54) is 23.1 Å². The summed E-state index contributed by atoms with van der Waals surface area (Å²) in [4.78, 5) is 0. The molecule has 0 aliphatic carbocycles. The summed E-state index contributed by atoms with van der Waals surface area (Å²) in [5.74, 6) is 0.141. The van der Waals surface area contributed by atoms with E-state index in [9.17, 15) is 9.50 Å². The Balaban J connectivity index is 2.20. The third-order valence-corrected chi connectivity index (χ3v) is 2.70. The smallest absolute Gasteiger partial charge is 0.154 e. The molecular formula is C13H10FN3O2. The normalized spacial score (nSPS) is 10.8. The Hall–Kier alpha value is -2.47. The van der Waals surface area contributed by atoms with Gasteiger partial charge in [0.05, 0.1) is 18.6 Å². The van der Waals surface area contributed by atoms with Crippen LogP contribution in [0.1, 0.15) is 5.69 Å². The van der Waals surface area contributed by atoms with Crippen LogP contribution in [0, 0.1) is 5.82 Å². The van der Waals surface area contributed by atoms with Crippen molar-refractivity contribution in [3.63, 3.8) is 0 Å². The first-order chi connectivity index (χ1) is 9.29. The summed E-state index contributed by atoms with van der Waals surface area (Å²) in [6, 6.07) is 9.41. The third-order valence-electron chi connectivity index (χ3n) is 2.70. The molecule has 0 atom stereocenters. The minimum absolute atomic E-state index is 0.272. The molecule has 0 saturated carbocycles. The van der Waals surface area contributed by atoms with Gasteiger partial charge < -0.3 is 9.52 Å². The molecular weight excluding hydrogens is 249 g/mol. The largest absolute Gasteiger partial charge is 0.463 e. The predicted octanol–water partition coefficient (Wildman–Crippen LogP) is 2.16. The average molecular weight is 259 g/mol.